The topological polar surface area (TPSA) is 49.4 Å². The van der Waals surface area contributed by atoms with Gasteiger partial charge in [-0.3, -0.25) is 9.59 Å². The minimum absolute atomic E-state index is 0.0749. The third kappa shape index (κ3) is 3.30. The van der Waals surface area contributed by atoms with E-state index < -0.39 is 5.92 Å². The molecule has 0 aromatic heterocycles. The molecule has 0 aliphatic carbocycles. The summed E-state index contributed by atoms with van der Waals surface area (Å²) in [6.07, 6.45) is 0.161. The first-order chi connectivity index (χ1) is 11.4. The summed E-state index contributed by atoms with van der Waals surface area (Å²) in [7, 11) is 0. The monoisotopic (exact) mass is 326 g/mol. The standard InChI is InChI=1S/C19H19FN2O2/c1-12-3-7-16(8-4-12)22-11-14(9-18(22)23)19(24)21-15-6-5-13(2)17(20)10-15/h3-8,10,14H,9,11H2,1-2H3,(H,21,24). The molecule has 1 unspecified atom stereocenters. The van der Waals surface area contributed by atoms with Crippen LogP contribution in [0.5, 0.6) is 0 Å². The molecule has 2 aromatic carbocycles. The maximum absolute atomic E-state index is 13.6. The van der Waals surface area contributed by atoms with E-state index in [0.717, 1.165) is 11.3 Å². The molecule has 1 N–H and O–H groups in total. The highest BCUT2D eigenvalue weighted by Gasteiger charge is 2.35. The largest absolute Gasteiger partial charge is 0.326 e. The van der Waals surface area contributed by atoms with Crippen molar-refractivity contribution in [2.75, 3.05) is 16.8 Å². The van der Waals surface area contributed by atoms with E-state index in [4.69, 9.17) is 0 Å². The molecule has 0 saturated carbocycles. The number of nitrogens with zero attached hydrogens (tertiary/aromatic N) is 1. The van der Waals surface area contributed by atoms with Crippen molar-refractivity contribution in [1.82, 2.24) is 0 Å². The number of halogens is 1. The molecule has 4 nitrogen and oxygen atoms in total. The molecular weight excluding hydrogens is 307 g/mol. The van der Waals surface area contributed by atoms with Gasteiger partial charge in [0.15, 0.2) is 0 Å². The zero-order valence-corrected chi connectivity index (χ0v) is 13.7. The normalized spacial score (nSPS) is 17.2. The number of anilines is 2. The molecule has 24 heavy (non-hydrogen) atoms. The van der Waals surface area contributed by atoms with Crippen molar-refractivity contribution in [3.63, 3.8) is 0 Å². The van der Waals surface area contributed by atoms with Crippen molar-refractivity contribution >= 4 is 23.2 Å². The zero-order valence-electron chi connectivity index (χ0n) is 13.7. The summed E-state index contributed by atoms with van der Waals surface area (Å²) >= 11 is 0. The maximum Gasteiger partial charge on any atom is 0.229 e. The van der Waals surface area contributed by atoms with E-state index in [1.165, 1.54) is 6.07 Å². The van der Waals surface area contributed by atoms with E-state index in [1.54, 1.807) is 24.0 Å². The lowest BCUT2D eigenvalue weighted by Crippen LogP contribution is -2.28. The highest BCUT2D eigenvalue weighted by Crippen LogP contribution is 2.26. The Labute approximate surface area is 140 Å². The van der Waals surface area contributed by atoms with Crippen LogP contribution in [0.2, 0.25) is 0 Å². The second kappa shape index (κ2) is 6.43. The molecule has 3 rings (SSSR count). The average Bonchev–Trinajstić information content (AvgIpc) is 2.94. The first-order valence-corrected chi connectivity index (χ1v) is 7.88. The minimum atomic E-state index is -0.442. The van der Waals surface area contributed by atoms with Crippen LogP contribution < -0.4 is 10.2 Å². The molecule has 1 heterocycles. The van der Waals surface area contributed by atoms with Crippen molar-refractivity contribution < 1.29 is 14.0 Å². The summed E-state index contributed by atoms with van der Waals surface area (Å²) in [6, 6.07) is 12.2. The molecule has 1 atom stereocenters. The van der Waals surface area contributed by atoms with Gasteiger partial charge >= 0.3 is 0 Å². The first kappa shape index (κ1) is 16.2. The van der Waals surface area contributed by atoms with Gasteiger partial charge in [0.2, 0.25) is 11.8 Å². The van der Waals surface area contributed by atoms with Crippen LogP contribution in [-0.2, 0) is 9.59 Å². The fourth-order valence-corrected chi connectivity index (χ4v) is 2.77. The fourth-order valence-electron chi connectivity index (χ4n) is 2.77. The summed E-state index contributed by atoms with van der Waals surface area (Å²) in [5.41, 5.74) is 2.84. The Kier molecular flexibility index (Phi) is 4.34. The van der Waals surface area contributed by atoms with Gasteiger partial charge in [-0.2, -0.15) is 0 Å². The molecule has 1 fully saturated rings. The average molecular weight is 326 g/mol. The van der Waals surface area contributed by atoms with Gasteiger partial charge < -0.3 is 10.2 Å². The number of amides is 2. The SMILES string of the molecule is Cc1ccc(N2CC(C(=O)Nc3ccc(C)c(F)c3)CC2=O)cc1. The highest BCUT2D eigenvalue weighted by atomic mass is 19.1. The number of hydrogen-bond acceptors (Lipinski definition) is 2. The summed E-state index contributed by atoms with van der Waals surface area (Å²) in [5, 5.41) is 2.70. The Morgan fingerprint density at radius 3 is 2.54 bits per heavy atom. The first-order valence-electron chi connectivity index (χ1n) is 7.88. The van der Waals surface area contributed by atoms with E-state index in [-0.39, 0.29) is 24.1 Å². The Morgan fingerprint density at radius 1 is 1.17 bits per heavy atom. The molecule has 0 spiro atoms. The van der Waals surface area contributed by atoms with Crippen molar-refractivity contribution in [2.45, 2.75) is 20.3 Å². The third-order valence-corrected chi connectivity index (χ3v) is 4.28. The van der Waals surface area contributed by atoms with Gasteiger partial charge in [-0.1, -0.05) is 23.8 Å². The van der Waals surface area contributed by atoms with Crippen LogP contribution in [0.15, 0.2) is 42.5 Å². The number of hydrogen-bond donors (Lipinski definition) is 1. The molecular formula is C19H19FN2O2. The van der Waals surface area contributed by atoms with Gasteiger partial charge in [0.1, 0.15) is 5.82 Å². The Hall–Kier alpha value is -2.69. The second-order valence-electron chi connectivity index (χ2n) is 6.19. The van der Waals surface area contributed by atoms with Crippen molar-refractivity contribution in [2.24, 2.45) is 5.92 Å². The van der Waals surface area contributed by atoms with Crippen LogP contribution in [0.25, 0.3) is 0 Å². The van der Waals surface area contributed by atoms with E-state index in [2.05, 4.69) is 5.32 Å². The number of nitrogens with one attached hydrogen (secondary N) is 1. The molecule has 124 valence electrons. The van der Waals surface area contributed by atoms with Crippen LogP contribution >= 0.6 is 0 Å². The molecule has 2 amide bonds. The molecule has 1 aliphatic heterocycles. The third-order valence-electron chi connectivity index (χ3n) is 4.28. The quantitative estimate of drug-likeness (QED) is 0.939. The number of aryl methyl sites for hydroxylation is 2. The van der Waals surface area contributed by atoms with Gasteiger partial charge in [0.25, 0.3) is 0 Å². The number of carbonyl (C=O) groups is 2. The number of benzene rings is 2. The summed E-state index contributed by atoms with van der Waals surface area (Å²) in [6.45, 7) is 3.98. The van der Waals surface area contributed by atoms with E-state index in [1.807, 2.05) is 31.2 Å². The van der Waals surface area contributed by atoms with Crippen LogP contribution in [-0.4, -0.2) is 18.4 Å². The van der Waals surface area contributed by atoms with Crippen molar-refractivity contribution in [1.29, 1.82) is 0 Å². The number of rotatable bonds is 3. The summed E-state index contributed by atoms with van der Waals surface area (Å²) in [5.74, 6) is -1.14. The molecule has 2 aromatic rings. The Balaban J connectivity index is 1.69. The predicted octanol–water partition coefficient (Wildman–Crippen LogP) is 3.43. The van der Waals surface area contributed by atoms with Crippen LogP contribution in [0.3, 0.4) is 0 Å². The van der Waals surface area contributed by atoms with Gasteiger partial charge in [0.05, 0.1) is 5.92 Å². The molecule has 0 bridgehead atoms. The van der Waals surface area contributed by atoms with Crippen molar-refractivity contribution in [3.05, 3.63) is 59.4 Å². The number of carbonyl (C=O) groups excluding carboxylic acids is 2. The molecule has 0 radical (unpaired) electrons. The highest BCUT2D eigenvalue weighted by molar-refractivity contribution is 6.03. The lowest BCUT2D eigenvalue weighted by molar-refractivity contribution is -0.122. The predicted molar refractivity (Wildman–Crippen MR) is 91.4 cm³/mol. The van der Waals surface area contributed by atoms with Gasteiger partial charge in [0, 0.05) is 24.3 Å². The van der Waals surface area contributed by atoms with Crippen molar-refractivity contribution in [3.8, 4) is 0 Å². The van der Waals surface area contributed by atoms with Crippen LogP contribution in [0, 0.1) is 25.6 Å². The zero-order chi connectivity index (χ0) is 17.3. The van der Waals surface area contributed by atoms with Crippen LogP contribution in [0.4, 0.5) is 15.8 Å². The minimum Gasteiger partial charge on any atom is -0.326 e. The fraction of sp³-hybridized carbons (Fsp3) is 0.263. The van der Waals surface area contributed by atoms with Crippen LogP contribution in [0.1, 0.15) is 17.5 Å². The van der Waals surface area contributed by atoms with Gasteiger partial charge in [-0.15, -0.1) is 0 Å². The molecule has 1 aliphatic rings. The lowest BCUT2D eigenvalue weighted by Gasteiger charge is -2.17. The van der Waals surface area contributed by atoms with E-state index >= 15 is 0 Å². The Morgan fingerprint density at radius 2 is 1.88 bits per heavy atom. The summed E-state index contributed by atoms with van der Waals surface area (Å²) < 4.78 is 13.6. The Bertz CT molecular complexity index is 786. The van der Waals surface area contributed by atoms with E-state index in [0.29, 0.717) is 17.8 Å². The molecule has 1 saturated heterocycles. The van der Waals surface area contributed by atoms with E-state index in [9.17, 15) is 14.0 Å². The lowest BCUT2D eigenvalue weighted by atomic mass is 10.1. The smallest absolute Gasteiger partial charge is 0.229 e. The second-order valence-corrected chi connectivity index (χ2v) is 6.19. The summed E-state index contributed by atoms with van der Waals surface area (Å²) in [4.78, 5) is 26.2. The van der Waals surface area contributed by atoms with Gasteiger partial charge in [-0.25, -0.2) is 4.39 Å². The van der Waals surface area contributed by atoms with Gasteiger partial charge in [-0.05, 0) is 43.7 Å². The maximum atomic E-state index is 13.6. The molecule has 5 heteroatoms.